The van der Waals surface area contributed by atoms with Crippen molar-refractivity contribution in [1.29, 1.82) is 0 Å². The lowest BCUT2D eigenvalue weighted by molar-refractivity contribution is -0.145. The molecule has 106 valence electrons. The fraction of sp³-hybridized carbons (Fsp3) is 0.385. The van der Waals surface area contributed by atoms with Gasteiger partial charge in [-0.2, -0.15) is 8.78 Å². The lowest BCUT2D eigenvalue weighted by atomic mass is 9.96. The van der Waals surface area contributed by atoms with Gasteiger partial charge in [-0.15, -0.1) is 0 Å². The van der Waals surface area contributed by atoms with E-state index >= 15 is 0 Å². The van der Waals surface area contributed by atoms with Gasteiger partial charge in [0.2, 0.25) is 0 Å². The number of aromatic nitrogens is 2. The Bertz CT molecular complexity index is 728. The van der Waals surface area contributed by atoms with Crippen LogP contribution in [0.1, 0.15) is 17.8 Å². The number of carbonyl (C=O) groups is 1. The van der Waals surface area contributed by atoms with Crippen LogP contribution in [0.5, 0.6) is 0 Å². The number of nitrogens with zero attached hydrogens (tertiary/aromatic N) is 2. The van der Waals surface area contributed by atoms with Crippen molar-refractivity contribution in [2.75, 3.05) is 0 Å². The summed E-state index contributed by atoms with van der Waals surface area (Å²) in [6.07, 6.45) is -0.738. The van der Waals surface area contributed by atoms with Gasteiger partial charge < -0.3 is 9.67 Å². The molecule has 2 heterocycles. The summed E-state index contributed by atoms with van der Waals surface area (Å²) >= 11 is 1.61. The quantitative estimate of drug-likeness (QED) is 0.600. The number of aryl methyl sites for hydroxylation is 1. The average Bonchev–Trinajstić information content (AvgIpc) is 2.66. The van der Waals surface area contributed by atoms with Gasteiger partial charge in [-0.25, -0.2) is 4.98 Å². The van der Waals surface area contributed by atoms with Gasteiger partial charge >= 0.3 is 11.9 Å². The van der Waals surface area contributed by atoms with Gasteiger partial charge in [0, 0.05) is 6.42 Å². The molecule has 0 amide bonds. The summed E-state index contributed by atoms with van der Waals surface area (Å²) in [7, 11) is 0. The molecule has 0 fully saturated rings. The van der Waals surface area contributed by atoms with Crippen LogP contribution in [0.3, 0.4) is 0 Å². The Morgan fingerprint density at radius 2 is 2.20 bits per heavy atom. The Kier molecular flexibility index (Phi) is 2.83. The van der Waals surface area contributed by atoms with Crippen molar-refractivity contribution >= 4 is 39.6 Å². The van der Waals surface area contributed by atoms with Gasteiger partial charge in [-0.3, -0.25) is 4.79 Å². The summed E-state index contributed by atoms with van der Waals surface area (Å²) in [5.74, 6) is -4.81. The first-order valence-corrected chi connectivity index (χ1v) is 7.08. The molecule has 2 aromatic rings. The van der Waals surface area contributed by atoms with Gasteiger partial charge in [0.1, 0.15) is 3.42 Å². The summed E-state index contributed by atoms with van der Waals surface area (Å²) < 4.78 is 28.3. The SMILES string of the molecule is Cc1ccc2c(c1)nc1n2CC(I)(C(=O)O)CC1(F)F. The third-order valence-electron chi connectivity index (χ3n) is 3.53. The molecule has 3 rings (SSSR count). The third-order valence-corrected chi connectivity index (χ3v) is 4.71. The second-order valence-electron chi connectivity index (χ2n) is 5.17. The zero-order valence-electron chi connectivity index (χ0n) is 10.5. The molecule has 4 nitrogen and oxygen atoms in total. The average molecular weight is 392 g/mol. The number of rotatable bonds is 1. The smallest absolute Gasteiger partial charge is 0.321 e. The number of carboxylic acids is 1. The molecule has 0 spiro atoms. The Balaban J connectivity index is 2.27. The maximum absolute atomic E-state index is 14.2. The lowest BCUT2D eigenvalue weighted by Gasteiger charge is -2.33. The van der Waals surface area contributed by atoms with Crippen LogP contribution < -0.4 is 0 Å². The molecule has 20 heavy (non-hydrogen) atoms. The van der Waals surface area contributed by atoms with Gasteiger partial charge in [0.15, 0.2) is 5.82 Å². The van der Waals surface area contributed by atoms with Gasteiger partial charge in [0.05, 0.1) is 17.6 Å². The van der Waals surface area contributed by atoms with Crippen LogP contribution in [0.4, 0.5) is 8.78 Å². The normalized spacial score (nSPS) is 24.6. The largest absolute Gasteiger partial charge is 0.480 e. The van der Waals surface area contributed by atoms with E-state index in [4.69, 9.17) is 0 Å². The van der Waals surface area contributed by atoms with Crippen molar-refractivity contribution in [2.45, 2.75) is 29.2 Å². The number of aliphatic carboxylic acids is 1. The molecule has 1 aliphatic heterocycles. The maximum atomic E-state index is 14.2. The van der Waals surface area contributed by atoms with Crippen molar-refractivity contribution in [1.82, 2.24) is 9.55 Å². The lowest BCUT2D eigenvalue weighted by Crippen LogP contribution is -2.46. The van der Waals surface area contributed by atoms with E-state index in [9.17, 15) is 18.7 Å². The highest BCUT2D eigenvalue weighted by atomic mass is 127. The third kappa shape index (κ3) is 1.90. The number of halogens is 3. The van der Waals surface area contributed by atoms with Crippen molar-refractivity contribution in [3.05, 3.63) is 29.6 Å². The standard InChI is InChI=1S/C13H11F2IN2O2/c1-7-2-3-9-8(4-7)17-10-13(14,15)5-12(16,11(19)20)6-18(9)10/h2-4H,5-6H2,1H3,(H,19,20). The minimum atomic E-state index is -3.25. The number of hydrogen-bond donors (Lipinski definition) is 1. The molecule has 1 aliphatic rings. The molecule has 1 unspecified atom stereocenters. The molecule has 7 heteroatoms. The number of hydrogen-bond acceptors (Lipinski definition) is 2. The van der Waals surface area contributed by atoms with E-state index in [2.05, 4.69) is 4.98 Å². The van der Waals surface area contributed by atoms with Crippen LogP contribution in [-0.2, 0) is 17.3 Å². The first kappa shape index (κ1) is 13.7. The maximum Gasteiger partial charge on any atom is 0.321 e. The van der Waals surface area contributed by atoms with Crippen molar-refractivity contribution < 1.29 is 18.7 Å². The fourth-order valence-corrected chi connectivity index (χ4v) is 3.38. The highest BCUT2D eigenvalue weighted by molar-refractivity contribution is 14.1. The minimum absolute atomic E-state index is 0.00657. The topological polar surface area (TPSA) is 55.1 Å². The van der Waals surface area contributed by atoms with E-state index in [-0.39, 0.29) is 12.4 Å². The Morgan fingerprint density at radius 1 is 1.50 bits per heavy atom. The van der Waals surface area contributed by atoms with Gasteiger partial charge in [0.25, 0.3) is 0 Å². The molecule has 1 N–H and O–H groups in total. The van der Waals surface area contributed by atoms with Crippen molar-refractivity contribution in [3.8, 4) is 0 Å². The zero-order chi connectivity index (χ0) is 14.7. The fourth-order valence-electron chi connectivity index (χ4n) is 2.56. The van der Waals surface area contributed by atoms with E-state index in [0.717, 1.165) is 5.56 Å². The number of carboxylic acid groups (broad SMARTS) is 1. The highest BCUT2D eigenvalue weighted by Gasteiger charge is 2.54. The number of alkyl halides is 3. The number of benzene rings is 1. The second kappa shape index (κ2) is 4.12. The van der Waals surface area contributed by atoms with E-state index in [1.54, 1.807) is 40.8 Å². The Hall–Kier alpha value is -1.25. The first-order valence-electron chi connectivity index (χ1n) is 6.00. The van der Waals surface area contributed by atoms with E-state index < -0.39 is 21.7 Å². The molecular weight excluding hydrogens is 381 g/mol. The monoisotopic (exact) mass is 392 g/mol. The van der Waals surface area contributed by atoms with Crippen molar-refractivity contribution in [3.63, 3.8) is 0 Å². The van der Waals surface area contributed by atoms with Gasteiger partial charge in [-0.05, 0) is 24.6 Å². The molecule has 0 aliphatic carbocycles. The number of imidazole rings is 1. The molecule has 1 aromatic heterocycles. The van der Waals surface area contributed by atoms with Gasteiger partial charge in [-0.1, -0.05) is 28.7 Å². The molecule has 0 saturated carbocycles. The summed E-state index contributed by atoms with van der Waals surface area (Å²) in [5, 5.41) is 9.23. The highest BCUT2D eigenvalue weighted by Crippen LogP contribution is 2.46. The second-order valence-corrected chi connectivity index (χ2v) is 7.23. The molecule has 1 atom stereocenters. The van der Waals surface area contributed by atoms with Crippen LogP contribution in [0.2, 0.25) is 0 Å². The Morgan fingerprint density at radius 3 is 2.85 bits per heavy atom. The molecular formula is C13H11F2IN2O2. The van der Waals surface area contributed by atoms with Crippen molar-refractivity contribution in [2.24, 2.45) is 0 Å². The first-order chi connectivity index (χ1) is 9.23. The van der Waals surface area contributed by atoms with Crippen LogP contribution >= 0.6 is 22.6 Å². The number of fused-ring (bicyclic) bond motifs is 3. The molecule has 0 saturated heterocycles. The summed E-state index contributed by atoms with van der Waals surface area (Å²) in [6.45, 7) is 1.85. The molecule has 0 radical (unpaired) electrons. The van der Waals surface area contributed by atoms with Crippen LogP contribution in [0.15, 0.2) is 18.2 Å². The zero-order valence-corrected chi connectivity index (χ0v) is 12.7. The van der Waals surface area contributed by atoms with E-state index in [0.29, 0.717) is 11.0 Å². The predicted octanol–water partition coefficient (Wildman–Crippen LogP) is 3.10. The van der Waals surface area contributed by atoms with Crippen LogP contribution in [-0.4, -0.2) is 24.0 Å². The summed E-state index contributed by atoms with van der Waals surface area (Å²) in [6, 6.07) is 5.24. The Labute approximate surface area is 126 Å². The minimum Gasteiger partial charge on any atom is -0.480 e. The van der Waals surface area contributed by atoms with E-state index in [1.165, 1.54) is 4.57 Å². The van der Waals surface area contributed by atoms with Crippen LogP contribution in [0.25, 0.3) is 11.0 Å². The predicted molar refractivity (Wildman–Crippen MR) is 77.4 cm³/mol. The summed E-state index contributed by atoms with van der Waals surface area (Å²) in [5.41, 5.74) is 1.95. The molecule has 1 aromatic carbocycles. The summed E-state index contributed by atoms with van der Waals surface area (Å²) in [4.78, 5) is 15.3. The molecule has 0 bridgehead atoms. The van der Waals surface area contributed by atoms with E-state index in [1.807, 2.05) is 6.92 Å². The van der Waals surface area contributed by atoms with Crippen LogP contribution in [0, 0.1) is 6.92 Å².